The zero-order chi connectivity index (χ0) is 14.8. The Morgan fingerprint density at radius 3 is 2.70 bits per heavy atom. The van der Waals surface area contributed by atoms with Crippen molar-refractivity contribution >= 4 is 11.6 Å². The topological polar surface area (TPSA) is 50.4 Å². The van der Waals surface area contributed by atoms with Crippen LogP contribution in [0, 0.1) is 5.92 Å². The molecule has 0 aromatic heterocycles. The average molecular weight is 278 g/mol. The van der Waals surface area contributed by atoms with Crippen LogP contribution in [0.5, 0.6) is 5.75 Å². The van der Waals surface area contributed by atoms with Gasteiger partial charge in [0.1, 0.15) is 5.75 Å². The van der Waals surface area contributed by atoms with Gasteiger partial charge in [0.15, 0.2) is 0 Å². The number of carbonyl (C=O) groups is 1. The Labute approximate surface area is 121 Å². The normalized spacial score (nSPS) is 10.6. The molecule has 2 N–H and O–H groups in total. The van der Waals surface area contributed by atoms with Crippen molar-refractivity contribution in [2.24, 2.45) is 5.92 Å². The summed E-state index contributed by atoms with van der Waals surface area (Å²) in [7, 11) is 0. The fraction of sp³-hybridized carbons (Fsp3) is 0.562. The Morgan fingerprint density at radius 1 is 1.25 bits per heavy atom. The highest BCUT2D eigenvalue weighted by atomic mass is 16.5. The van der Waals surface area contributed by atoms with Crippen LogP contribution in [0.15, 0.2) is 24.3 Å². The number of carbonyl (C=O) groups excluding carboxylic acids is 1. The summed E-state index contributed by atoms with van der Waals surface area (Å²) in [5, 5.41) is 6.17. The second-order valence-corrected chi connectivity index (χ2v) is 5.16. The molecule has 1 rings (SSSR count). The average Bonchev–Trinajstić information content (AvgIpc) is 2.40. The van der Waals surface area contributed by atoms with Gasteiger partial charge in [-0.25, -0.2) is 0 Å². The molecular weight excluding hydrogens is 252 g/mol. The van der Waals surface area contributed by atoms with Crippen LogP contribution in [-0.2, 0) is 4.79 Å². The van der Waals surface area contributed by atoms with Crippen LogP contribution in [0.3, 0.4) is 0 Å². The maximum absolute atomic E-state index is 11.9. The lowest BCUT2D eigenvalue weighted by Crippen LogP contribution is -2.23. The maximum Gasteiger partial charge on any atom is 0.225 e. The van der Waals surface area contributed by atoms with Gasteiger partial charge in [-0.2, -0.15) is 0 Å². The number of amides is 1. The van der Waals surface area contributed by atoms with Crippen molar-refractivity contribution in [3.8, 4) is 5.75 Å². The summed E-state index contributed by atoms with van der Waals surface area (Å²) < 4.78 is 5.48. The summed E-state index contributed by atoms with van der Waals surface area (Å²) in [5.41, 5.74) is 0.738. The summed E-state index contributed by atoms with van der Waals surface area (Å²) >= 11 is 0. The highest BCUT2D eigenvalue weighted by molar-refractivity contribution is 5.92. The number of benzene rings is 1. The molecule has 20 heavy (non-hydrogen) atoms. The summed E-state index contributed by atoms with van der Waals surface area (Å²) in [6.07, 6.45) is 1.60. The van der Waals surface area contributed by atoms with Crippen LogP contribution in [0.1, 0.15) is 33.6 Å². The highest BCUT2D eigenvalue weighted by Gasteiger charge is 2.06. The summed E-state index contributed by atoms with van der Waals surface area (Å²) in [4.78, 5) is 11.9. The molecular formula is C16H26N2O2. The SMILES string of the molecule is CCOc1ccccc1NC(=O)CCNCCC(C)C. The van der Waals surface area contributed by atoms with Gasteiger partial charge >= 0.3 is 0 Å². The van der Waals surface area contributed by atoms with Gasteiger partial charge in [0.25, 0.3) is 0 Å². The number of para-hydroxylation sites is 2. The molecule has 0 aliphatic rings. The van der Waals surface area contributed by atoms with Crippen molar-refractivity contribution in [3.63, 3.8) is 0 Å². The first kappa shape index (κ1) is 16.5. The number of rotatable bonds is 9. The Kier molecular flexibility index (Phi) is 7.73. The van der Waals surface area contributed by atoms with Crippen molar-refractivity contribution in [2.45, 2.75) is 33.6 Å². The molecule has 4 nitrogen and oxygen atoms in total. The predicted octanol–water partition coefficient (Wildman–Crippen LogP) is 3.05. The van der Waals surface area contributed by atoms with Crippen molar-refractivity contribution in [1.29, 1.82) is 0 Å². The molecule has 0 atom stereocenters. The molecule has 0 fully saturated rings. The number of anilines is 1. The lowest BCUT2D eigenvalue weighted by Gasteiger charge is -2.11. The van der Waals surface area contributed by atoms with Gasteiger partial charge in [-0.05, 0) is 37.9 Å². The molecule has 0 aliphatic carbocycles. The predicted molar refractivity (Wildman–Crippen MR) is 83.2 cm³/mol. The van der Waals surface area contributed by atoms with Crippen molar-refractivity contribution in [3.05, 3.63) is 24.3 Å². The van der Waals surface area contributed by atoms with Gasteiger partial charge in [0, 0.05) is 13.0 Å². The molecule has 1 aromatic carbocycles. The molecule has 0 unspecified atom stereocenters. The van der Waals surface area contributed by atoms with E-state index in [2.05, 4.69) is 24.5 Å². The molecule has 0 saturated carbocycles. The second-order valence-electron chi connectivity index (χ2n) is 5.16. The highest BCUT2D eigenvalue weighted by Crippen LogP contribution is 2.23. The van der Waals surface area contributed by atoms with E-state index in [1.165, 1.54) is 0 Å². The van der Waals surface area contributed by atoms with Gasteiger partial charge < -0.3 is 15.4 Å². The molecule has 0 aliphatic heterocycles. The quantitative estimate of drug-likeness (QED) is 0.683. The van der Waals surface area contributed by atoms with Gasteiger partial charge in [0.2, 0.25) is 5.91 Å². The van der Waals surface area contributed by atoms with Gasteiger partial charge in [-0.15, -0.1) is 0 Å². The van der Waals surface area contributed by atoms with Crippen LogP contribution in [0.25, 0.3) is 0 Å². The molecule has 0 radical (unpaired) electrons. The van der Waals surface area contributed by atoms with Gasteiger partial charge in [0.05, 0.1) is 12.3 Å². The number of hydrogen-bond donors (Lipinski definition) is 2. The minimum Gasteiger partial charge on any atom is -0.492 e. The van der Waals surface area contributed by atoms with E-state index >= 15 is 0 Å². The zero-order valence-electron chi connectivity index (χ0n) is 12.7. The third-order valence-electron chi connectivity index (χ3n) is 2.89. The van der Waals surface area contributed by atoms with Gasteiger partial charge in [-0.1, -0.05) is 26.0 Å². The van der Waals surface area contributed by atoms with E-state index in [1.54, 1.807) is 0 Å². The Balaban J connectivity index is 2.31. The summed E-state index contributed by atoms with van der Waals surface area (Å²) in [6, 6.07) is 7.50. The lowest BCUT2D eigenvalue weighted by atomic mass is 10.1. The summed E-state index contributed by atoms with van der Waals surface area (Å²) in [5.74, 6) is 1.42. The van der Waals surface area contributed by atoms with E-state index in [0.29, 0.717) is 25.5 Å². The van der Waals surface area contributed by atoms with Crippen LogP contribution < -0.4 is 15.4 Å². The first-order chi connectivity index (χ1) is 9.63. The molecule has 1 amide bonds. The van der Waals surface area contributed by atoms with E-state index in [-0.39, 0.29) is 5.91 Å². The van der Waals surface area contributed by atoms with Crippen LogP contribution in [0.2, 0.25) is 0 Å². The van der Waals surface area contributed by atoms with Crippen molar-refractivity contribution < 1.29 is 9.53 Å². The van der Waals surface area contributed by atoms with Crippen LogP contribution in [0.4, 0.5) is 5.69 Å². The number of ether oxygens (including phenoxy) is 1. The monoisotopic (exact) mass is 278 g/mol. The van der Waals surface area contributed by atoms with E-state index < -0.39 is 0 Å². The van der Waals surface area contributed by atoms with E-state index in [1.807, 2.05) is 31.2 Å². The molecule has 0 saturated heterocycles. The standard InChI is InChI=1S/C16H26N2O2/c1-4-20-15-8-6-5-7-14(15)18-16(19)10-12-17-11-9-13(2)3/h5-8,13,17H,4,9-12H2,1-3H3,(H,18,19). The van der Waals surface area contributed by atoms with Crippen LogP contribution >= 0.6 is 0 Å². The van der Waals surface area contributed by atoms with Crippen molar-refractivity contribution in [1.82, 2.24) is 5.32 Å². The summed E-state index contributed by atoms with van der Waals surface area (Å²) in [6.45, 7) is 8.56. The lowest BCUT2D eigenvalue weighted by molar-refractivity contribution is -0.116. The maximum atomic E-state index is 11.9. The molecule has 0 bridgehead atoms. The molecule has 0 spiro atoms. The largest absolute Gasteiger partial charge is 0.492 e. The second kappa shape index (κ2) is 9.37. The first-order valence-electron chi connectivity index (χ1n) is 7.35. The van der Waals surface area contributed by atoms with Crippen LogP contribution in [-0.4, -0.2) is 25.6 Å². The van der Waals surface area contributed by atoms with E-state index in [4.69, 9.17) is 4.74 Å². The third kappa shape index (κ3) is 6.57. The van der Waals surface area contributed by atoms with E-state index in [9.17, 15) is 4.79 Å². The first-order valence-corrected chi connectivity index (χ1v) is 7.35. The minimum atomic E-state index is 0.00852. The molecule has 0 heterocycles. The third-order valence-corrected chi connectivity index (χ3v) is 2.89. The Hall–Kier alpha value is -1.55. The molecule has 1 aromatic rings. The number of hydrogen-bond acceptors (Lipinski definition) is 3. The Bertz CT molecular complexity index is 405. The molecule has 4 heteroatoms. The number of nitrogens with one attached hydrogen (secondary N) is 2. The minimum absolute atomic E-state index is 0.00852. The molecule has 112 valence electrons. The van der Waals surface area contributed by atoms with Crippen molar-refractivity contribution in [2.75, 3.05) is 25.0 Å². The zero-order valence-corrected chi connectivity index (χ0v) is 12.7. The Morgan fingerprint density at radius 2 is 2.00 bits per heavy atom. The van der Waals surface area contributed by atoms with E-state index in [0.717, 1.165) is 24.4 Å². The smallest absolute Gasteiger partial charge is 0.225 e. The fourth-order valence-corrected chi connectivity index (χ4v) is 1.78. The van der Waals surface area contributed by atoms with Gasteiger partial charge in [-0.3, -0.25) is 4.79 Å². The fourth-order valence-electron chi connectivity index (χ4n) is 1.78.